The average Bonchev–Trinajstić information content (AvgIpc) is 3.31. The Kier molecular flexibility index (Phi) is 6.79. The zero-order valence-corrected chi connectivity index (χ0v) is 17.1. The summed E-state index contributed by atoms with van der Waals surface area (Å²) < 4.78 is 1.91. The number of carboxylic acids is 1. The molecule has 25 heavy (non-hydrogen) atoms. The molecule has 4 nitrogen and oxygen atoms in total. The van der Waals surface area contributed by atoms with Crippen molar-refractivity contribution >= 4 is 43.7 Å². The third-order valence-electron chi connectivity index (χ3n) is 3.76. The van der Waals surface area contributed by atoms with E-state index in [-0.39, 0.29) is 5.91 Å². The molecule has 1 saturated carbocycles. The Hall–Kier alpha value is -1.66. The Morgan fingerprint density at radius 3 is 1.84 bits per heavy atom. The minimum Gasteiger partial charge on any atom is -0.478 e. The van der Waals surface area contributed by atoms with Gasteiger partial charge in [-0.1, -0.05) is 31.9 Å². The maximum Gasteiger partial charge on any atom is 0.335 e. The molecule has 3 rings (SSSR count). The number of hydrogen-bond donors (Lipinski definition) is 2. The second kappa shape index (κ2) is 8.63. The van der Waals surface area contributed by atoms with Crippen molar-refractivity contribution < 1.29 is 14.7 Å². The second-order valence-corrected chi connectivity index (χ2v) is 7.80. The summed E-state index contributed by atoms with van der Waals surface area (Å²) in [6.07, 6.45) is 2.25. The zero-order chi connectivity index (χ0) is 18.6. The molecule has 2 N–H and O–H groups in total. The lowest BCUT2D eigenvalue weighted by atomic mass is 10.1. The molecule has 0 radical (unpaired) electrons. The summed E-state index contributed by atoms with van der Waals surface area (Å²) in [5.74, 6) is -0.826. The van der Waals surface area contributed by atoms with E-state index in [1.807, 2.05) is 25.1 Å². The van der Waals surface area contributed by atoms with Gasteiger partial charge in [-0.15, -0.1) is 0 Å². The molecule has 0 heterocycles. The molecule has 0 atom stereocenters. The van der Waals surface area contributed by atoms with Crippen LogP contribution in [-0.4, -0.2) is 23.0 Å². The van der Waals surface area contributed by atoms with Gasteiger partial charge in [0.1, 0.15) is 0 Å². The van der Waals surface area contributed by atoms with Crippen LogP contribution in [-0.2, 0) is 0 Å². The Morgan fingerprint density at radius 2 is 1.44 bits per heavy atom. The molecule has 1 aliphatic rings. The molecule has 1 aliphatic carbocycles. The molecule has 0 saturated heterocycles. The Morgan fingerprint density at radius 1 is 0.960 bits per heavy atom. The van der Waals surface area contributed by atoms with E-state index in [0.717, 1.165) is 38.5 Å². The first kappa shape index (κ1) is 19.7. The number of amides is 1. The minimum atomic E-state index is -0.880. The lowest BCUT2D eigenvalue weighted by Crippen LogP contribution is -2.25. The van der Waals surface area contributed by atoms with Crippen molar-refractivity contribution in [2.75, 3.05) is 0 Å². The number of aromatic carboxylic acids is 1. The summed E-state index contributed by atoms with van der Waals surface area (Å²) >= 11 is 6.63. The van der Waals surface area contributed by atoms with Gasteiger partial charge in [0.05, 0.1) is 5.56 Å². The monoisotopic (exact) mass is 467 g/mol. The molecule has 1 fully saturated rings. The van der Waals surface area contributed by atoms with Crippen LogP contribution in [0.15, 0.2) is 45.3 Å². The first-order valence-corrected chi connectivity index (χ1v) is 9.43. The highest BCUT2D eigenvalue weighted by molar-refractivity contribution is 9.10. The van der Waals surface area contributed by atoms with Crippen molar-refractivity contribution in [1.29, 1.82) is 0 Å². The van der Waals surface area contributed by atoms with Crippen molar-refractivity contribution in [3.8, 4) is 0 Å². The summed E-state index contributed by atoms with van der Waals surface area (Å²) in [4.78, 5) is 22.2. The van der Waals surface area contributed by atoms with E-state index in [2.05, 4.69) is 37.2 Å². The second-order valence-electron chi connectivity index (χ2n) is 5.97. The third kappa shape index (κ3) is 5.97. The van der Waals surface area contributed by atoms with E-state index in [9.17, 15) is 9.59 Å². The fraction of sp³-hybridized carbons (Fsp3) is 0.263. The number of halogens is 2. The Bertz CT molecular complexity index is 801. The van der Waals surface area contributed by atoms with Crippen LogP contribution >= 0.6 is 31.9 Å². The topological polar surface area (TPSA) is 66.4 Å². The highest BCUT2D eigenvalue weighted by atomic mass is 79.9. The molecule has 0 aliphatic heterocycles. The first-order chi connectivity index (χ1) is 11.8. The third-order valence-corrected chi connectivity index (χ3v) is 4.75. The van der Waals surface area contributed by atoms with E-state index >= 15 is 0 Å². The molecule has 2 aromatic carbocycles. The number of rotatable bonds is 3. The Labute approximate surface area is 163 Å². The lowest BCUT2D eigenvalue weighted by Gasteiger charge is -2.06. The first-order valence-electron chi connectivity index (χ1n) is 7.84. The zero-order valence-electron chi connectivity index (χ0n) is 14.0. The fourth-order valence-corrected chi connectivity index (χ4v) is 3.19. The smallest absolute Gasteiger partial charge is 0.335 e. The van der Waals surface area contributed by atoms with Crippen LogP contribution in [0.4, 0.5) is 0 Å². The maximum atomic E-state index is 11.7. The van der Waals surface area contributed by atoms with Gasteiger partial charge in [-0.2, -0.15) is 0 Å². The van der Waals surface area contributed by atoms with E-state index < -0.39 is 5.97 Å². The van der Waals surface area contributed by atoms with Crippen LogP contribution in [0.5, 0.6) is 0 Å². The van der Waals surface area contributed by atoms with Gasteiger partial charge in [0.25, 0.3) is 5.91 Å². The summed E-state index contributed by atoms with van der Waals surface area (Å²) in [5, 5.41) is 11.6. The van der Waals surface area contributed by atoms with Crippen molar-refractivity contribution in [2.24, 2.45) is 0 Å². The number of aryl methyl sites for hydroxylation is 2. The predicted molar refractivity (Wildman–Crippen MR) is 105 cm³/mol. The van der Waals surface area contributed by atoms with Crippen LogP contribution in [0.2, 0.25) is 0 Å². The number of carbonyl (C=O) groups is 2. The summed E-state index contributed by atoms with van der Waals surface area (Å²) in [5.41, 5.74) is 2.91. The van der Waals surface area contributed by atoms with Crippen LogP contribution in [0, 0.1) is 13.8 Å². The standard InChI is InChI=1S/C11H12BrNO.C8H7BrO2/c1-7-6-8(12)2-5-10(7)11(14)13-9-3-4-9;1-5-4-6(9)2-3-7(5)8(10)11/h2,5-6,9H,3-4H2,1H3,(H,13,14);2-4H,1H3,(H,10,11). The Balaban J connectivity index is 0.000000186. The van der Waals surface area contributed by atoms with Gasteiger partial charge < -0.3 is 10.4 Å². The summed E-state index contributed by atoms with van der Waals surface area (Å²) in [7, 11) is 0. The number of nitrogens with one attached hydrogen (secondary N) is 1. The van der Waals surface area contributed by atoms with Crippen LogP contribution in [0.25, 0.3) is 0 Å². The molecule has 1 amide bonds. The molecule has 0 bridgehead atoms. The summed E-state index contributed by atoms with van der Waals surface area (Å²) in [6.45, 7) is 3.72. The van der Waals surface area contributed by atoms with E-state index in [1.54, 1.807) is 25.1 Å². The molecular weight excluding hydrogens is 450 g/mol. The highest BCUT2D eigenvalue weighted by Crippen LogP contribution is 2.21. The fourth-order valence-electron chi connectivity index (χ4n) is 2.24. The maximum absolute atomic E-state index is 11.7. The average molecular weight is 469 g/mol. The number of benzene rings is 2. The molecule has 2 aromatic rings. The predicted octanol–water partition coefficient (Wildman–Crippen LogP) is 5.11. The van der Waals surface area contributed by atoms with Gasteiger partial charge in [-0.05, 0) is 74.2 Å². The van der Waals surface area contributed by atoms with Gasteiger partial charge in [-0.3, -0.25) is 4.79 Å². The lowest BCUT2D eigenvalue weighted by molar-refractivity contribution is 0.0695. The number of carboxylic acid groups (broad SMARTS) is 1. The quantitative estimate of drug-likeness (QED) is 0.657. The molecule has 6 heteroatoms. The van der Waals surface area contributed by atoms with Gasteiger partial charge in [-0.25, -0.2) is 4.79 Å². The van der Waals surface area contributed by atoms with Gasteiger partial charge in [0.2, 0.25) is 0 Å². The molecule has 0 unspecified atom stereocenters. The normalized spacial score (nSPS) is 12.8. The van der Waals surface area contributed by atoms with Crippen molar-refractivity contribution in [3.63, 3.8) is 0 Å². The number of hydrogen-bond acceptors (Lipinski definition) is 2. The summed E-state index contributed by atoms with van der Waals surface area (Å²) in [6, 6.07) is 11.2. The van der Waals surface area contributed by atoms with Crippen molar-refractivity contribution in [3.05, 3.63) is 67.6 Å². The number of carbonyl (C=O) groups excluding carboxylic acids is 1. The van der Waals surface area contributed by atoms with Gasteiger partial charge in [0, 0.05) is 20.6 Å². The van der Waals surface area contributed by atoms with E-state index in [4.69, 9.17) is 5.11 Å². The van der Waals surface area contributed by atoms with Crippen LogP contribution in [0.1, 0.15) is 44.7 Å². The molecule has 0 spiro atoms. The van der Waals surface area contributed by atoms with E-state index in [1.165, 1.54) is 0 Å². The van der Waals surface area contributed by atoms with Gasteiger partial charge >= 0.3 is 5.97 Å². The van der Waals surface area contributed by atoms with Gasteiger partial charge in [0.15, 0.2) is 0 Å². The van der Waals surface area contributed by atoms with E-state index in [0.29, 0.717) is 11.6 Å². The van der Waals surface area contributed by atoms with Crippen molar-refractivity contribution in [1.82, 2.24) is 5.32 Å². The highest BCUT2D eigenvalue weighted by Gasteiger charge is 2.24. The largest absolute Gasteiger partial charge is 0.478 e. The van der Waals surface area contributed by atoms with Crippen LogP contribution < -0.4 is 5.32 Å². The van der Waals surface area contributed by atoms with Crippen molar-refractivity contribution in [2.45, 2.75) is 32.7 Å². The van der Waals surface area contributed by atoms with Crippen LogP contribution in [0.3, 0.4) is 0 Å². The molecular formula is C19H19Br2NO3. The molecule has 132 valence electrons. The minimum absolute atomic E-state index is 0.0532. The molecule has 0 aromatic heterocycles. The SMILES string of the molecule is Cc1cc(Br)ccc1C(=O)NC1CC1.Cc1cc(Br)ccc1C(=O)O.